The van der Waals surface area contributed by atoms with Crippen LogP contribution in [0, 0.1) is 6.57 Å². The van der Waals surface area contributed by atoms with Gasteiger partial charge in [0.1, 0.15) is 0 Å². The van der Waals surface area contributed by atoms with Crippen molar-refractivity contribution in [3.63, 3.8) is 0 Å². The molecule has 0 spiro atoms. The summed E-state index contributed by atoms with van der Waals surface area (Å²) in [6.07, 6.45) is 0. The summed E-state index contributed by atoms with van der Waals surface area (Å²) in [5.74, 6) is -0.104. The van der Waals surface area contributed by atoms with E-state index in [-0.39, 0.29) is 5.91 Å². The maximum Gasteiger partial charge on any atom is 0.236 e. The van der Waals surface area contributed by atoms with Gasteiger partial charge < -0.3 is 5.32 Å². The molecule has 0 radical (unpaired) electrons. The first-order valence-electron chi connectivity index (χ1n) is 7.16. The van der Waals surface area contributed by atoms with Crippen molar-refractivity contribution in [2.75, 3.05) is 5.32 Å². The highest BCUT2D eigenvalue weighted by molar-refractivity contribution is 7.22. The van der Waals surface area contributed by atoms with Crippen LogP contribution in [-0.4, -0.2) is 10.9 Å². The van der Waals surface area contributed by atoms with E-state index in [0.717, 1.165) is 15.8 Å². The third-order valence-electron chi connectivity index (χ3n) is 3.78. The minimum Gasteiger partial charge on any atom is -0.301 e. The van der Waals surface area contributed by atoms with Gasteiger partial charge in [0.25, 0.3) is 0 Å². The maximum absolute atomic E-state index is 12.6. The van der Waals surface area contributed by atoms with Crippen LogP contribution in [0.4, 0.5) is 10.8 Å². The summed E-state index contributed by atoms with van der Waals surface area (Å²) in [5.41, 5.74) is 1.66. The molecule has 0 aliphatic carbocycles. The van der Waals surface area contributed by atoms with Gasteiger partial charge in [-0.1, -0.05) is 47.7 Å². The molecule has 0 fully saturated rings. The van der Waals surface area contributed by atoms with E-state index in [4.69, 9.17) is 6.57 Å². The molecular weight excluding hydrogens is 306 g/mol. The summed E-state index contributed by atoms with van der Waals surface area (Å²) < 4.78 is 0.895. The van der Waals surface area contributed by atoms with E-state index >= 15 is 0 Å². The first-order chi connectivity index (χ1) is 11.0. The number of fused-ring (bicyclic) bond motifs is 1. The van der Waals surface area contributed by atoms with Crippen molar-refractivity contribution in [2.24, 2.45) is 0 Å². The molecule has 0 atom stereocenters. The molecule has 23 heavy (non-hydrogen) atoms. The Bertz CT molecular complexity index is 907. The number of carbonyl (C=O) groups excluding carboxylic acids is 1. The zero-order valence-electron chi connectivity index (χ0n) is 12.8. The second kappa shape index (κ2) is 5.82. The highest BCUT2D eigenvalue weighted by Gasteiger charge is 2.30. The fraction of sp³-hybridized carbons (Fsp3) is 0.167. The first kappa shape index (κ1) is 15.2. The minimum absolute atomic E-state index is 0.104. The van der Waals surface area contributed by atoms with Gasteiger partial charge in [-0.05, 0) is 31.5 Å². The summed E-state index contributed by atoms with van der Waals surface area (Å²) in [6.45, 7) is 10.8. The minimum atomic E-state index is -0.652. The Hall–Kier alpha value is -2.71. The average molecular weight is 321 g/mol. The number of nitrogens with one attached hydrogen (secondary N) is 1. The number of nitrogens with zero attached hydrogens (tertiary/aromatic N) is 2. The molecule has 0 aliphatic rings. The van der Waals surface area contributed by atoms with E-state index < -0.39 is 5.41 Å². The Labute approximate surface area is 138 Å². The number of aromatic nitrogens is 1. The molecule has 1 aromatic heterocycles. The van der Waals surface area contributed by atoms with Gasteiger partial charge in [0.05, 0.1) is 17.5 Å². The van der Waals surface area contributed by atoms with Crippen LogP contribution in [0.3, 0.4) is 0 Å². The molecule has 0 aliphatic heterocycles. The monoisotopic (exact) mass is 321 g/mol. The Morgan fingerprint density at radius 3 is 2.65 bits per heavy atom. The number of rotatable bonds is 3. The topological polar surface area (TPSA) is 46.4 Å². The number of hydrogen-bond donors (Lipinski definition) is 1. The highest BCUT2D eigenvalue weighted by atomic mass is 32.1. The summed E-state index contributed by atoms with van der Waals surface area (Å²) in [4.78, 5) is 20.5. The molecule has 1 N–H and O–H groups in total. The predicted octanol–water partition coefficient (Wildman–Crippen LogP) is 4.76. The smallest absolute Gasteiger partial charge is 0.236 e. The van der Waals surface area contributed by atoms with Crippen LogP contribution in [0.25, 0.3) is 15.1 Å². The van der Waals surface area contributed by atoms with Crippen molar-refractivity contribution in [1.82, 2.24) is 4.98 Å². The van der Waals surface area contributed by atoms with Crippen molar-refractivity contribution in [1.29, 1.82) is 0 Å². The van der Waals surface area contributed by atoms with E-state index in [1.54, 1.807) is 18.2 Å². The van der Waals surface area contributed by atoms with Crippen LogP contribution < -0.4 is 5.32 Å². The lowest BCUT2D eigenvalue weighted by molar-refractivity contribution is -0.120. The number of benzene rings is 2. The van der Waals surface area contributed by atoms with E-state index in [2.05, 4.69) is 15.1 Å². The van der Waals surface area contributed by atoms with Gasteiger partial charge >= 0.3 is 0 Å². The second-order valence-electron chi connectivity index (χ2n) is 5.73. The normalized spacial score (nSPS) is 11.2. The highest BCUT2D eigenvalue weighted by Crippen LogP contribution is 2.31. The lowest BCUT2D eigenvalue weighted by atomic mass is 9.84. The number of amides is 1. The van der Waals surface area contributed by atoms with Gasteiger partial charge in [0.15, 0.2) is 10.8 Å². The van der Waals surface area contributed by atoms with Gasteiger partial charge in [0.2, 0.25) is 5.91 Å². The van der Waals surface area contributed by atoms with Crippen molar-refractivity contribution >= 4 is 38.3 Å². The van der Waals surface area contributed by atoms with Crippen molar-refractivity contribution in [3.8, 4) is 0 Å². The molecule has 2 aromatic carbocycles. The molecule has 4 nitrogen and oxygen atoms in total. The van der Waals surface area contributed by atoms with Gasteiger partial charge in [-0.3, -0.25) is 4.79 Å². The van der Waals surface area contributed by atoms with Crippen molar-refractivity contribution < 1.29 is 4.79 Å². The summed E-state index contributed by atoms with van der Waals surface area (Å²) >= 11 is 1.38. The SMILES string of the molecule is [C-]#[N+]c1ccc2nc(NC(=O)C(C)(C)c3ccccc3)sc2c1. The number of thiazole rings is 1. The van der Waals surface area contributed by atoms with Gasteiger partial charge in [-0.2, -0.15) is 0 Å². The Morgan fingerprint density at radius 2 is 1.96 bits per heavy atom. The molecule has 0 saturated carbocycles. The summed E-state index contributed by atoms with van der Waals surface area (Å²) in [7, 11) is 0. The predicted molar refractivity (Wildman–Crippen MR) is 94.0 cm³/mol. The largest absolute Gasteiger partial charge is 0.301 e. The molecule has 1 amide bonds. The van der Waals surface area contributed by atoms with Crippen LogP contribution in [0.2, 0.25) is 0 Å². The van der Waals surface area contributed by atoms with Crippen LogP contribution in [0.1, 0.15) is 19.4 Å². The third kappa shape index (κ3) is 2.94. The van der Waals surface area contributed by atoms with Crippen LogP contribution in [0.5, 0.6) is 0 Å². The first-order valence-corrected chi connectivity index (χ1v) is 7.97. The second-order valence-corrected chi connectivity index (χ2v) is 6.76. The van der Waals surface area contributed by atoms with Crippen molar-refractivity contribution in [3.05, 3.63) is 65.5 Å². The number of hydrogen-bond acceptors (Lipinski definition) is 3. The number of carbonyl (C=O) groups is 1. The molecule has 3 aromatic rings. The lowest BCUT2D eigenvalue weighted by Crippen LogP contribution is -2.34. The molecule has 3 rings (SSSR count). The fourth-order valence-corrected chi connectivity index (χ4v) is 3.17. The van der Waals surface area contributed by atoms with E-state index in [9.17, 15) is 4.79 Å². The molecular formula is C18H15N3OS. The quantitative estimate of drug-likeness (QED) is 0.707. The third-order valence-corrected chi connectivity index (χ3v) is 4.72. The molecule has 0 unspecified atom stereocenters. The summed E-state index contributed by atoms with van der Waals surface area (Å²) in [6, 6.07) is 15.0. The van der Waals surface area contributed by atoms with Gasteiger partial charge in [-0.25, -0.2) is 9.83 Å². The van der Waals surface area contributed by atoms with E-state index in [0.29, 0.717) is 10.8 Å². The molecule has 5 heteroatoms. The lowest BCUT2D eigenvalue weighted by Gasteiger charge is -2.23. The van der Waals surface area contributed by atoms with Gasteiger partial charge in [-0.15, -0.1) is 0 Å². The van der Waals surface area contributed by atoms with Crippen LogP contribution in [0.15, 0.2) is 48.5 Å². The standard InChI is InChI=1S/C18H15N3OS/c1-18(2,12-7-5-4-6-8-12)16(22)21-17-20-14-10-9-13(19-3)11-15(14)23-17/h4-11H,1-2H3,(H,20,21,22). The van der Waals surface area contributed by atoms with E-state index in [1.165, 1.54) is 11.3 Å². The fourth-order valence-electron chi connectivity index (χ4n) is 2.28. The zero-order valence-corrected chi connectivity index (χ0v) is 13.6. The molecule has 1 heterocycles. The van der Waals surface area contributed by atoms with Gasteiger partial charge in [0, 0.05) is 4.70 Å². The van der Waals surface area contributed by atoms with Crippen molar-refractivity contribution in [2.45, 2.75) is 19.3 Å². The molecule has 0 saturated heterocycles. The Morgan fingerprint density at radius 1 is 1.22 bits per heavy atom. The zero-order chi connectivity index (χ0) is 16.4. The summed E-state index contributed by atoms with van der Waals surface area (Å²) in [5, 5.41) is 3.45. The van der Waals surface area contributed by atoms with Crippen LogP contribution >= 0.6 is 11.3 Å². The average Bonchev–Trinajstić information content (AvgIpc) is 2.96. The Kier molecular flexibility index (Phi) is 3.85. The van der Waals surface area contributed by atoms with Crippen LogP contribution in [-0.2, 0) is 10.2 Å². The molecule has 0 bridgehead atoms. The molecule has 114 valence electrons. The van der Waals surface area contributed by atoms with E-state index in [1.807, 2.05) is 44.2 Å². The Balaban J connectivity index is 1.87. The maximum atomic E-state index is 12.6. The number of anilines is 1.